The Morgan fingerprint density at radius 1 is 1.22 bits per heavy atom. The Hall–Kier alpha value is -2.56. The van der Waals surface area contributed by atoms with Gasteiger partial charge >= 0.3 is 5.69 Å². The van der Waals surface area contributed by atoms with Crippen LogP contribution in [-0.2, 0) is 6.54 Å². The van der Waals surface area contributed by atoms with E-state index in [0.29, 0.717) is 12.2 Å². The number of hydrogen-bond donors (Lipinski definition) is 2. The number of aromatic nitrogens is 3. The molecule has 0 fully saturated rings. The van der Waals surface area contributed by atoms with Crippen LogP contribution in [-0.4, -0.2) is 14.5 Å². The van der Waals surface area contributed by atoms with Crippen LogP contribution in [0.4, 0.5) is 5.69 Å². The normalized spacial score (nSPS) is 10.9. The average Bonchev–Trinajstić information content (AvgIpc) is 2.69. The summed E-state index contributed by atoms with van der Waals surface area (Å²) in [6.07, 6.45) is 3.32. The summed E-state index contributed by atoms with van der Waals surface area (Å²) < 4.78 is 1.68. The first kappa shape index (κ1) is 10.6. The third-order valence-corrected chi connectivity index (χ3v) is 2.90. The van der Waals surface area contributed by atoms with Crippen molar-refractivity contribution >= 4 is 16.7 Å². The molecule has 2 aromatic heterocycles. The van der Waals surface area contributed by atoms with Crippen LogP contribution in [0.15, 0.2) is 47.5 Å². The molecule has 3 N–H and O–H groups in total. The molecule has 3 aromatic rings. The third kappa shape index (κ3) is 1.75. The van der Waals surface area contributed by atoms with Crippen molar-refractivity contribution < 1.29 is 0 Å². The fraction of sp³-hybridized carbons (Fsp3) is 0.0769. The summed E-state index contributed by atoms with van der Waals surface area (Å²) >= 11 is 0. The van der Waals surface area contributed by atoms with Crippen molar-refractivity contribution in [3.05, 3.63) is 58.8 Å². The Bertz CT molecular complexity index is 740. The Morgan fingerprint density at radius 3 is 2.78 bits per heavy atom. The zero-order valence-corrected chi connectivity index (χ0v) is 9.63. The molecular weight excluding hydrogens is 228 g/mol. The number of rotatable bonds is 2. The predicted molar refractivity (Wildman–Crippen MR) is 70.3 cm³/mol. The number of hydrogen-bond acceptors (Lipinski definition) is 3. The topological polar surface area (TPSA) is 76.7 Å². The van der Waals surface area contributed by atoms with Gasteiger partial charge in [0.15, 0.2) is 0 Å². The summed E-state index contributed by atoms with van der Waals surface area (Å²) in [6.45, 7) is 0.517. The number of nitrogen functional groups attached to an aromatic ring is 1. The third-order valence-electron chi connectivity index (χ3n) is 2.90. The van der Waals surface area contributed by atoms with Crippen molar-refractivity contribution in [2.45, 2.75) is 6.54 Å². The highest BCUT2D eigenvalue weighted by Crippen LogP contribution is 2.11. The lowest BCUT2D eigenvalue weighted by molar-refractivity contribution is 0.787. The predicted octanol–water partition coefficient (Wildman–Crippen LogP) is 1.36. The Morgan fingerprint density at radius 2 is 2.00 bits per heavy atom. The monoisotopic (exact) mass is 240 g/mol. The standard InChI is InChI=1S/C13H12N4O/c14-10-3-1-9(2-4-10)8-17-12-5-6-15-7-11(12)16-13(17)18/h1-7H,8,14H2,(H,16,18). The number of nitrogens with one attached hydrogen (secondary N) is 1. The molecule has 2 heterocycles. The molecular formula is C13H12N4O. The lowest BCUT2D eigenvalue weighted by Gasteiger charge is -2.03. The molecule has 0 radical (unpaired) electrons. The first-order valence-electron chi connectivity index (χ1n) is 5.61. The van der Waals surface area contributed by atoms with Gasteiger partial charge in [0.2, 0.25) is 0 Å². The molecule has 0 aliphatic rings. The van der Waals surface area contributed by atoms with Gasteiger partial charge in [-0.15, -0.1) is 0 Å². The van der Waals surface area contributed by atoms with Crippen molar-refractivity contribution in [2.24, 2.45) is 0 Å². The number of imidazole rings is 1. The number of benzene rings is 1. The van der Waals surface area contributed by atoms with Gasteiger partial charge in [-0.25, -0.2) is 4.79 Å². The van der Waals surface area contributed by atoms with Crippen LogP contribution in [0.3, 0.4) is 0 Å². The smallest absolute Gasteiger partial charge is 0.326 e. The lowest BCUT2D eigenvalue weighted by atomic mass is 10.2. The number of anilines is 1. The highest BCUT2D eigenvalue weighted by atomic mass is 16.1. The minimum absolute atomic E-state index is 0.130. The SMILES string of the molecule is Nc1ccc(Cn2c(=O)[nH]c3cnccc32)cc1. The van der Waals surface area contributed by atoms with E-state index in [1.165, 1.54) is 0 Å². The van der Waals surface area contributed by atoms with Gasteiger partial charge in [-0.2, -0.15) is 0 Å². The molecule has 0 spiro atoms. The van der Waals surface area contributed by atoms with Gasteiger partial charge in [0, 0.05) is 11.9 Å². The van der Waals surface area contributed by atoms with Gasteiger partial charge < -0.3 is 10.7 Å². The molecule has 0 saturated carbocycles. The van der Waals surface area contributed by atoms with Crippen LogP contribution in [0.5, 0.6) is 0 Å². The van der Waals surface area contributed by atoms with Crippen LogP contribution >= 0.6 is 0 Å². The van der Waals surface area contributed by atoms with E-state index in [0.717, 1.165) is 16.6 Å². The molecule has 0 saturated heterocycles. The largest absolute Gasteiger partial charge is 0.399 e. The Balaban J connectivity index is 2.07. The summed E-state index contributed by atoms with van der Waals surface area (Å²) in [5.41, 5.74) is 8.86. The molecule has 3 rings (SSSR count). The first-order valence-corrected chi connectivity index (χ1v) is 5.61. The summed E-state index contributed by atoms with van der Waals surface area (Å²) in [6, 6.07) is 9.32. The lowest BCUT2D eigenvalue weighted by Crippen LogP contribution is -2.17. The van der Waals surface area contributed by atoms with Gasteiger partial charge in [-0.3, -0.25) is 9.55 Å². The fourth-order valence-corrected chi connectivity index (χ4v) is 1.97. The zero-order chi connectivity index (χ0) is 12.5. The average molecular weight is 240 g/mol. The van der Waals surface area contributed by atoms with E-state index in [2.05, 4.69) is 9.97 Å². The molecule has 90 valence electrons. The first-order chi connectivity index (χ1) is 8.74. The van der Waals surface area contributed by atoms with Crippen LogP contribution < -0.4 is 11.4 Å². The van der Waals surface area contributed by atoms with Crippen LogP contribution in [0.25, 0.3) is 11.0 Å². The van der Waals surface area contributed by atoms with E-state index < -0.39 is 0 Å². The number of nitrogens with two attached hydrogens (primary N) is 1. The molecule has 0 atom stereocenters. The quantitative estimate of drug-likeness (QED) is 0.664. The fourth-order valence-electron chi connectivity index (χ4n) is 1.97. The summed E-state index contributed by atoms with van der Waals surface area (Å²) in [4.78, 5) is 18.6. The van der Waals surface area contributed by atoms with Crippen molar-refractivity contribution in [1.29, 1.82) is 0 Å². The van der Waals surface area contributed by atoms with E-state index >= 15 is 0 Å². The number of nitrogens with zero attached hydrogens (tertiary/aromatic N) is 2. The van der Waals surface area contributed by atoms with Crippen molar-refractivity contribution in [3.63, 3.8) is 0 Å². The van der Waals surface area contributed by atoms with E-state index in [4.69, 9.17) is 5.73 Å². The maximum absolute atomic E-state index is 11.9. The second-order valence-corrected chi connectivity index (χ2v) is 4.15. The van der Waals surface area contributed by atoms with Gasteiger partial charge in [-0.1, -0.05) is 12.1 Å². The second kappa shape index (κ2) is 4.03. The maximum atomic E-state index is 11.9. The number of aromatic amines is 1. The molecule has 0 bridgehead atoms. The van der Waals surface area contributed by atoms with E-state index in [1.807, 2.05) is 30.3 Å². The minimum atomic E-state index is -0.130. The molecule has 5 nitrogen and oxygen atoms in total. The molecule has 18 heavy (non-hydrogen) atoms. The molecule has 0 amide bonds. The highest BCUT2D eigenvalue weighted by molar-refractivity contribution is 5.73. The Labute approximate surface area is 103 Å². The summed E-state index contributed by atoms with van der Waals surface area (Å²) in [7, 11) is 0. The van der Waals surface area contributed by atoms with Crippen LogP contribution in [0.2, 0.25) is 0 Å². The zero-order valence-electron chi connectivity index (χ0n) is 9.63. The van der Waals surface area contributed by atoms with Crippen molar-refractivity contribution in [3.8, 4) is 0 Å². The second-order valence-electron chi connectivity index (χ2n) is 4.15. The molecule has 0 aliphatic heterocycles. The van der Waals surface area contributed by atoms with Crippen LogP contribution in [0.1, 0.15) is 5.56 Å². The minimum Gasteiger partial charge on any atom is -0.399 e. The molecule has 0 unspecified atom stereocenters. The molecule has 5 heteroatoms. The maximum Gasteiger partial charge on any atom is 0.326 e. The van der Waals surface area contributed by atoms with Gasteiger partial charge in [0.1, 0.15) is 0 Å². The molecule has 0 aliphatic carbocycles. The number of H-pyrrole nitrogens is 1. The number of pyridine rings is 1. The van der Waals surface area contributed by atoms with Gasteiger partial charge in [0.05, 0.1) is 23.8 Å². The highest BCUT2D eigenvalue weighted by Gasteiger charge is 2.06. The Kier molecular flexibility index (Phi) is 2.37. The molecule has 1 aromatic carbocycles. The van der Waals surface area contributed by atoms with Crippen molar-refractivity contribution in [1.82, 2.24) is 14.5 Å². The van der Waals surface area contributed by atoms with Gasteiger partial charge in [-0.05, 0) is 23.8 Å². The van der Waals surface area contributed by atoms with E-state index in [-0.39, 0.29) is 5.69 Å². The van der Waals surface area contributed by atoms with Crippen molar-refractivity contribution in [2.75, 3.05) is 5.73 Å². The summed E-state index contributed by atoms with van der Waals surface area (Å²) in [5.74, 6) is 0. The summed E-state index contributed by atoms with van der Waals surface area (Å²) in [5, 5.41) is 0. The number of fused-ring (bicyclic) bond motifs is 1. The van der Waals surface area contributed by atoms with Gasteiger partial charge in [0.25, 0.3) is 0 Å². The van der Waals surface area contributed by atoms with E-state index in [9.17, 15) is 4.79 Å². The van der Waals surface area contributed by atoms with E-state index in [1.54, 1.807) is 17.0 Å². The van der Waals surface area contributed by atoms with Crippen LogP contribution in [0, 0.1) is 0 Å².